The smallest absolute Gasteiger partial charge is 0.307 e. The van der Waals surface area contributed by atoms with Crippen molar-refractivity contribution in [3.63, 3.8) is 0 Å². The first kappa shape index (κ1) is 20.9. The summed E-state index contributed by atoms with van der Waals surface area (Å²) in [6.45, 7) is 11.4. The van der Waals surface area contributed by atoms with Gasteiger partial charge < -0.3 is 9.64 Å². The molecule has 0 N–H and O–H groups in total. The maximum Gasteiger partial charge on any atom is 0.307 e. The fourth-order valence-corrected chi connectivity index (χ4v) is 2.21. The maximum absolute atomic E-state index is 12.3. The molecule has 0 aromatic heterocycles. The van der Waals surface area contributed by atoms with Gasteiger partial charge in [-0.15, -0.1) is 0 Å². The van der Waals surface area contributed by atoms with Crippen molar-refractivity contribution in [3.8, 4) is 0 Å². The molecule has 0 fully saturated rings. The quantitative estimate of drug-likeness (QED) is 0.401. The van der Waals surface area contributed by atoms with Crippen LogP contribution in [0.2, 0.25) is 0 Å². The molecule has 0 aromatic rings. The highest BCUT2D eigenvalue weighted by atomic mass is 16.5. The van der Waals surface area contributed by atoms with Crippen LogP contribution in [0.1, 0.15) is 79.6 Å². The number of carbonyl (C=O) groups excluding carboxylic acids is 2. The van der Waals surface area contributed by atoms with Crippen LogP contribution in [-0.4, -0.2) is 36.0 Å². The summed E-state index contributed by atoms with van der Waals surface area (Å²) in [6, 6.07) is 0. The Morgan fingerprint density at radius 3 is 2.23 bits per heavy atom. The molecule has 0 aliphatic rings. The average Bonchev–Trinajstić information content (AvgIpc) is 2.47. The predicted molar refractivity (Wildman–Crippen MR) is 90.6 cm³/mol. The van der Waals surface area contributed by atoms with Crippen LogP contribution in [0.5, 0.6) is 0 Å². The Morgan fingerprint density at radius 2 is 1.68 bits per heavy atom. The average molecular weight is 313 g/mol. The van der Waals surface area contributed by atoms with E-state index in [1.54, 1.807) is 0 Å². The normalized spacial score (nSPS) is 12.3. The molecule has 1 atom stereocenters. The highest BCUT2D eigenvalue weighted by Crippen LogP contribution is 2.09. The van der Waals surface area contributed by atoms with E-state index >= 15 is 0 Å². The van der Waals surface area contributed by atoms with E-state index in [2.05, 4.69) is 20.8 Å². The molecule has 22 heavy (non-hydrogen) atoms. The lowest BCUT2D eigenvalue weighted by Crippen LogP contribution is -2.36. The van der Waals surface area contributed by atoms with E-state index in [1.165, 1.54) is 12.8 Å². The first-order valence-corrected chi connectivity index (χ1v) is 8.87. The standard InChI is InChI=1S/C18H35NO3/c1-6-8-9-10-11-17(20)19(14-15(3)4)13-12-18(21)22-16(5)7-2/h15-16H,6-14H2,1-5H3. The summed E-state index contributed by atoms with van der Waals surface area (Å²) in [6.07, 6.45) is 6.05. The van der Waals surface area contributed by atoms with Crippen molar-refractivity contribution in [1.82, 2.24) is 4.90 Å². The molecule has 0 aliphatic carbocycles. The minimum atomic E-state index is -0.207. The van der Waals surface area contributed by atoms with Crippen molar-refractivity contribution >= 4 is 11.9 Å². The Labute approximate surface area is 136 Å². The lowest BCUT2D eigenvalue weighted by Gasteiger charge is -2.24. The van der Waals surface area contributed by atoms with Crippen molar-refractivity contribution < 1.29 is 14.3 Å². The minimum absolute atomic E-state index is 0.0456. The Morgan fingerprint density at radius 1 is 1.00 bits per heavy atom. The van der Waals surface area contributed by atoms with Crippen molar-refractivity contribution in [2.45, 2.75) is 85.7 Å². The summed E-state index contributed by atoms with van der Waals surface area (Å²) in [5.41, 5.74) is 0. The van der Waals surface area contributed by atoms with Gasteiger partial charge in [0.2, 0.25) is 5.91 Å². The number of hydrogen-bond donors (Lipinski definition) is 0. The van der Waals surface area contributed by atoms with Gasteiger partial charge in [0.1, 0.15) is 0 Å². The highest BCUT2D eigenvalue weighted by Gasteiger charge is 2.17. The van der Waals surface area contributed by atoms with E-state index in [-0.39, 0.29) is 24.4 Å². The molecule has 0 spiro atoms. The Kier molecular flexibility index (Phi) is 11.9. The second-order valence-corrected chi connectivity index (χ2v) is 6.50. The molecule has 0 aliphatic heterocycles. The Hall–Kier alpha value is -1.06. The topological polar surface area (TPSA) is 46.6 Å². The third-order valence-corrected chi connectivity index (χ3v) is 3.68. The van der Waals surface area contributed by atoms with Gasteiger partial charge in [-0.1, -0.05) is 47.0 Å². The van der Waals surface area contributed by atoms with E-state index in [1.807, 2.05) is 18.7 Å². The molecule has 1 unspecified atom stereocenters. The number of ether oxygens (including phenoxy) is 1. The number of nitrogens with zero attached hydrogens (tertiary/aromatic N) is 1. The van der Waals surface area contributed by atoms with Crippen molar-refractivity contribution in [2.24, 2.45) is 5.92 Å². The second kappa shape index (κ2) is 12.5. The van der Waals surface area contributed by atoms with Crippen LogP contribution in [0.25, 0.3) is 0 Å². The van der Waals surface area contributed by atoms with E-state index < -0.39 is 0 Å². The van der Waals surface area contributed by atoms with Crippen molar-refractivity contribution in [3.05, 3.63) is 0 Å². The molecular formula is C18H35NO3. The SMILES string of the molecule is CCCCCCC(=O)N(CCC(=O)OC(C)CC)CC(C)C. The Balaban J connectivity index is 4.26. The zero-order chi connectivity index (χ0) is 17.0. The molecule has 1 amide bonds. The predicted octanol–water partition coefficient (Wildman–Crippen LogP) is 4.17. The molecule has 0 bridgehead atoms. The van der Waals surface area contributed by atoms with E-state index in [4.69, 9.17) is 4.74 Å². The molecule has 4 heteroatoms. The summed E-state index contributed by atoms with van der Waals surface area (Å²) in [7, 11) is 0. The van der Waals surface area contributed by atoms with Gasteiger partial charge in [0, 0.05) is 19.5 Å². The molecule has 0 saturated carbocycles. The fourth-order valence-electron chi connectivity index (χ4n) is 2.21. The third-order valence-electron chi connectivity index (χ3n) is 3.68. The molecule has 0 saturated heterocycles. The number of carbonyl (C=O) groups is 2. The molecular weight excluding hydrogens is 278 g/mol. The Bertz CT molecular complexity index is 315. The number of esters is 1. The largest absolute Gasteiger partial charge is 0.463 e. The van der Waals surface area contributed by atoms with Gasteiger partial charge in [-0.05, 0) is 25.7 Å². The first-order valence-electron chi connectivity index (χ1n) is 8.87. The molecule has 4 nitrogen and oxygen atoms in total. The van der Waals surface area contributed by atoms with Crippen molar-refractivity contribution in [2.75, 3.05) is 13.1 Å². The second-order valence-electron chi connectivity index (χ2n) is 6.50. The molecule has 0 aromatic carbocycles. The summed E-state index contributed by atoms with van der Waals surface area (Å²) < 4.78 is 5.27. The fraction of sp³-hybridized carbons (Fsp3) is 0.889. The lowest BCUT2D eigenvalue weighted by atomic mass is 10.1. The van der Waals surface area contributed by atoms with Crippen molar-refractivity contribution in [1.29, 1.82) is 0 Å². The van der Waals surface area contributed by atoms with Gasteiger partial charge in [-0.3, -0.25) is 9.59 Å². The molecule has 0 rings (SSSR count). The summed E-state index contributed by atoms with van der Waals surface area (Å²) in [5, 5.41) is 0. The number of unbranched alkanes of at least 4 members (excludes halogenated alkanes) is 3. The van der Waals surface area contributed by atoms with Crippen LogP contribution in [0.15, 0.2) is 0 Å². The summed E-state index contributed by atoms with van der Waals surface area (Å²) >= 11 is 0. The summed E-state index contributed by atoms with van der Waals surface area (Å²) in [4.78, 5) is 25.9. The van der Waals surface area contributed by atoms with Gasteiger partial charge >= 0.3 is 5.97 Å². The van der Waals surface area contributed by atoms with E-state index in [0.717, 1.165) is 19.3 Å². The lowest BCUT2D eigenvalue weighted by molar-refractivity contribution is -0.149. The van der Waals surface area contributed by atoms with Crippen LogP contribution in [0.4, 0.5) is 0 Å². The molecule has 130 valence electrons. The first-order chi connectivity index (χ1) is 10.4. The van der Waals surface area contributed by atoms with Crippen LogP contribution >= 0.6 is 0 Å². The van der Waals surface area contributed by atoms with Crippen LogP contribution in [0.3, 0.4) is 0 Å². The van der Waals surface area contributed by atoms with Gasteiger partial charge in [0.25, 0.3) is 0 Å². The molecule has 0 heterocycles. The number of rotatable bonds is 12. The number of amides is 1. The van der Waals surface area contributed by atoms with Gasteiger partial charge in [0.05, 0.1) is 12.5 Å². The van der Waals surface area contributed by atoms with Gasteiger partial charge in [-0.2, -0.15) is 0 Å². The van der Waals surface area contributed by atoms with Gasteiger partial charge in [0.15, 0.2) is 0 Å². The van der Waals surface area contributed by atoms with E-state index in [0.29, 0.717) is 25.4 Å². The van der Waals surface area contributed by atoms with E-state index in [9.17, 15) is 9.59 Å². The monoisotopic (exact) mass is 313 g/mol. The minimum Gasteiger partial charge on any atom is -0.463 e. The summed E-state index contributed by atoms with van der Waals surface area (Å²) in [5.74, 6) is 0.369. The maximum atomic E-state index is 12.3. The van der Waals surface area contributed by atoms with Crippen LogP contribution < -0.4 is 0 Å². The highest BCUT2D eigenvalue weighted by molar-refractivity contribution is 5.77. The van der Waals surface area contributed by atoms with Crippen LogP contribution in [0, 0.1) is 5.92 Å². The van der Waals surface area contributed by atoms with Crippen LogP contribution in [-0.2, 0) is 14.3 Å². The molecule has 0 radical (unpaired) electrons. The zero-order valence-corrected chi connectivity index (χ0v) is 15.2. The number of hydrogen-bond acceptors (Lipinski definition) is 3. The van der Waals surface area contributed by atoms with Gasteiger partial charge in [-0.25, -0.2) is 0 Å². The zero-order valence-electron chi connectivity index (χ0n) is 15.2. The third kappa shape index (κ3) is 10.6.